The van der Waals surface area contributed by atoms with E-state index < -0.39 is 6.09 Å². The molecule has 0 bridgehead atoms. The molecule has 8 nitrogen and oxygen atoms in total. The number of rotatable bonds is 8. The standard InChI is InChI=1S/C30H23Cl4N5O3/c1-41-29(40)35-15-12-22-25(27-36-37-28(42-27)30(13-14-30)18-4-8-20(32)9-5-18)38-39(24-11-10-21(33)16-23(24)34)26(22)17-2-6-19(31)7-3-17/h2-11,16H,12-15H2,1H3,(H,35,40). The molecule has 0 radical (unpaired) electrons. The fraction of sp³-hybridized carbons (Fsp3) is 0.200. The summed E-state index contributed by atoms with van der Waals surface area (Å²) >= 11 is 25.2. The summed E-state index contributed by atoms with van der Waals surface area (Å²) in [6.45, 7) is 0.260. The van der Waals surface area contributed by atoms with Crippen molar-refractivity contribution in [3.63, 3.8) is 0 Å². The van der Waals surface area contributed by atoms with Crippen LogP contribution in [0.5, 0.6) is 0 Å². The first kappa shape index (κ1) is 28.6. The third kappa shape index (κ3) is 5.47. The van der Waals surface area contributed by atoms with E-state index in [0.29, 0.717) is 43.8 Å². The van der Waals surface area contributed by atoms with E-state index in [1.165, 1.54) is 7.11 Å². The van der Waals surface area contributed by atoms with Crippen LogP contribution in [0.4, 0.5) is 4.79 Å². The lowest BCUT2D eigenvalue weighted by atomic mass is 9.96. The van der Waals surface area contributed by atoms with Crippen molar-refractivity contribution in [1.29, 1.82) is 0 Å². The second-order valence-corrected chi connectivity index (χ2v) is 11.6. The number of carbonyl (C=O) groups excluding carboxylic acids is 1. The SMILES string of the molecule is COC(=O)NCCc1c(-c2nnc(C3(c4ccc(Cl)cc4)CC3)o2)nn(-c2ccc(Cl)cc2Cl)c1-c1ccc(Cl)cc1. The molecule has 214 valence electrons. The van der Waals surface area contributed by atoms with E-state index in [1.807, 2.05) is 36.4 Å². The van der Waals surface area contributed by atoms with Crippen molar-refractivity contribution < 1.29 is 13.9 Å². The second-order valence-electron chi connectivity index (χ2n) is 9.86. The fourth-order valence-electron chi connectivity index (χ4n) is 4.98. The van der Waals surface area contributed by atoms with Crippen LogP contribution in [0.3, 0.4) is 0 Å². The van der Waals surface area contributed by atoms with Gasteiger partial charge in [0.05, 0.1) is 28.9 Å². The van der Waals surface area contributed by atoms with E-state index in [4.69, 9.17) is 60.7 Å². The maximum Gasteiger partial charge on any atom is 0.406 e. The summed E-state index contributed by atoms with van der Waals surface area (Å²) in [5.74, 6) is 0.753. The summed E-state index contributed by atoms with van der Waals surface area (Å²) in [5, 5.41) is 18.7. The van der Waals surface area contributed by atoms with Crippen molar-refractivity contribution in [2.24, 2.45) is 0 Å². The van der Waals surface area contributed by atoms with Crippen LogP contribution in [0, 0.1) is 0 Å². The van der Waals surface area contributed by atoms with Crippen LogP contribution in [0.2, 0.25) is 20.1 Å². The smallest absolute Gasteiger partial charge is 0.406 e. The van der Waals surface area contributed by atoms with Gasteiger partial charge in [0.25, 0.3) is 5.89 Å². The molecule has 1 amide bonds. The number of methoxy groups -OCH3 is 1. The Morgan fingerprint density at radius 2 is 1.62 bits per heavy atom. The fourth-order valence-corrected chi connectivity index (χ4v) is 5.73. The molecule has 0 unspecified atom stereocenters. The molecular weight excluding hydrogens is 620 g/mol. The molecule has 0 atom stereocenters. The molecule has 0 aliphatic heterocycles. The summed E-state index contributed by atoms with van der Waals surface area (Å²) in [5.41, 5.74) is 4.04. The number of alkyl carbamates (subject to hydrolysis) is 1. The normalized spacial score (nSPS) is 13.6. The summed E-state index contributed by atoms with van der Waals surface area (Å²) in [4.78, 5) is 11.9. The number of ether oxygens (including phenoxy) is 1. The van der Waals surface area contributed by atoms with Crippen LogP contribution in [-0.4, -0.2) is 39.7 Å². The second kappa shape index (κ2) is 11.6. The van der Waals surface area contributed by atoms with Crippen LogP contribution < -0.4 is 5.32 Å². The highest BCUT2D eigenvalue weighted by Crippen LogP contribution is 2.53. The molecule has 0 spiro atoms. The number of amides is 1. The Morgan fingerprint density at radius 3 is 2.26 bits per heavy atom. The number of nitrogens with one attached hydrogen (secondary N) is 1. The molecule has 2 heterocycles. The van der Waals surface area contributed by atoms with E-state index in [0.717, 1.165) is 35.2 Å². The van der Waals surface area contributed by atoms with E-state index in [1.54, 1.807) is 35.0 Å². The lowest BCUT2D eigenvalue weighted by molar-refractivity contribution is 0.171. The van der Waals surface area contributed by atoms with Crippen LogP contribution in [0.15, 0.2) is 71.1 Å². The molecule has 12 heteroatoms. The summed E-state index contributed by atoms with van der Waals surface area (Å²) in [6.07, 6.45) is 1.57. The Balaban J connectivity index is 1.51. The maximum atomic E-state index is 11.9. The Labute approximate surface area is 261 Å². The molecule has 1 aliphatic carbocycles. The minimum atomic E-state index is -0.545. The highest BCUT2D eigenvalue weighted by molar-refractivity contribution is 6.35. The van der Waals surface area contributed by atoms with Gasteiger partial charge in [0.15, 0.2) is 5.69 Å². The molecule has 1 fully saturated rings. The van der Waals surface area contributed by atoms with Gasteiger partial charge in [-0.1, -0.05) is 70.7 Å². The molecule has 1 saturated carbocycles. The van der Waals surface area contributed by atoms with Crippen molar-refractivity contribution >= 4 is 52.5 Å². The zero-order valence-electron chi connectivity index (χ0n) is 22.2. The minimum Gasteiger partial charge on any atom is -0.453 e. The molecule has 2 aromatic heterocycles. The molecule has 1 N–H and O–H groups in total. The molecule has 3 aromatic carbocycles. The zero-order chi connectivity index (χ0) is 29.4. The summed E-state index contributed by atoms with van der Waals surface area (Å²) in [6, 6.07) is 20.2. The van der Waals surface area contributed by atoms with Gasteiger partial charge in [-0.15, -0.1) is 10.2 Å². The van der Waals surface area contributed by atoms with Gasteiger partial charge >= 0.3 is 6.09 Å². The Kier molecular flexibility index (Phi) is 7.89. The average molecular weight is 643 g/mol. The van der Waals surface area contributed by atoms with Gasteiger partial charge < -0.3 is 14.5 Å². The number of halogens is 4. The number of aromatic nitrogens is 4. The van der Waals surface area contributed by atoms with Crippen molar-refractivity contribution in [2.75, 3.05) is 13.7 Å². The van der Waals surface area contributed by atoms with E-state index in [2.05, 4.69) is 15.5 Å². The highest BCUT2D eigenvalue weighted by Gasteiger charge is 2.51. The molecular formula is C30H23Cl4N5O3. The number of carbonyl (C=O) groups is 1. The van der Waals surface area contributed by atoms with Gasteiger partial charge in [0, 0.05) is 32.7 Å². The minimum absolute atomic E-state index is 0.248. The first-order chi connectivity index (χ1) is 20.3. The first-order valence-electron chi connectivity index (χ1n) is 13.0. The summed E-state index contributed by atoms with van der Waals surface area (Å²) < 4.78 is 12.8. The Morgan fingerprint density at radius 1 is 0.952 bits per heavy atom. The highest BCUT2D eigenvalue weighted by atomic mass is 35.5. The lowest BCUT2D eigenvalue weighted by Gasteiger charge is -2.12. The van der Waals surface area contributed by atoms with Crippen molar-refractivity contribution in [3.8, 4) is 28.5 Å². The molecule has 5 aromatic rings. The quantitative estimate of drug-likeness (QED) is 0.183. The van der Waals surface area contributed by atoms with E-state index >= 15 is 0 Å². The zero-order valence-corrected chi connectivity index (χ0v) is 25.2. The van der Waals surface area contributed by atoms with Gasteiger partial charge in [-0.3, -0.25) is 0 Å². The Hall–Kier alpha value is -3.56. The number of hydrogen-bond acceptors (Lipinski definition) is 6. The maximum absolute atomic E-state index is 11.9. The van der Waals surface area contributed by atoms with Crippen LogP contribution in [0.1, 0.15) is 29.9 Å². The predicted molar refractivity (Wildman–Crippen MR) is 163 cm³/mol. The lowest BCUT2D eigenvalue weighted by Crippen LogP contribution is -2.25. The van der Waals surface area contributed by atoms with E-state index in [9.17, 15) is 4.79 Å². The van der Waals surface area contributed by atoms with Gasteiger partial charge in [0.2, 0.25) is 5.89 Å². The van der Waals surface area contributed by atoms with Crippen LogP contribution in [-0.2, 0) is 16.6 Å². The van der Waals surface area contributed by atoms with Crippen molar-refractivity contribution in [2.45, 2.75) is 24.7 Å². The van der Waals surface area contributed by atoms with Crippen LogP contribution in [0.25, 0.3) is 28.5 Å². The number of nitrogens with zero attached hydrogens (tertiary/aromatic N) is 4. The van der Waals surface area contributed by atoms with Gasteiger partial charge in [-0.25, -0.2) is 9.48 Å². The van der Waals surface area contributed by atoms with Crippen LogP contribution >= 0.6 is 46.4 Å². The monoisotopic (exact) mass is 641 g/mol. The van der Waals surface area contributed by atoms with Crippen molar-refractivity contribution in [3.05, 3.63) is 104 Å². The molecule has 42 heavy (non-hydrogen) atoms. The first-order valence-corrected chi connectivity index (χ1v) is 14.6. The number of benzene rings is 3. The Bertz CT molecular complexity index is 1760. The average Bonchev–Trinajstić information content (AvgIpc) is 3.48. The molecule has 1 aliphatic rings. The third-order valence-electron chi connectivity index (χ3n) is 7.25. The van der Waals surface area contributed by atoms with Crippen molar-refractivity contribution in [1.82, 2.24) is 25.3 Å². The van der Waals surface area contributed by atoms with Gasteiger partial charge in [0.1, 0.15) is 0 Å². The third-order valence-corrected chi connectivity index (χ3v) is 8.29. The van der Waals surface area contributed by atoms with Gasteiger partial charge in [-0.05, 0) is 67.3 Å². The molecule has 0 saturated heterocycles. The summed E-state index contributed by atoms with van der Waals surface area (Å²) in [7, 11) is 1.31. The predicted octanol–water partition coefficient (Wildman–Crippen LogP) is 8.18. The topological polar surface area (TPSA) is 95.1 Å². The molecule has 6 rings (SSSR count). The van der Waals surface area contributed by atoms with Gasteiger partial charge in [-0.2, -0.15) is 5.10 Å². The van der Waals surface area contributed by atoms with E-state index in [-0.39, 0.29) is 17.9 Å². The largest absolute Gasteiger partial charge is 0.453 e. The number of hydrogen-bond donors (Lipinski definition) is 1.